The first-order chi connectivity index (χ1) is 9.35. The first kappa shape index (κ1) is 16.5. The van der Waals surface area contributed by atoms with Crippen molar-refractivity contribution < 1.29 is 9.59 Å². The Hall–Kier alpha value is -1.55. The number of rotatable bonds is 5. The number of halogens is 1. The highest BCUT2D eigenvalue weighted by Crippen LogP contribution is 2.21. The van der Waals surface area contributed by atoms with Crippen LogP contribution in [0.1, 0.15) is 44.5 Å². The summed E-state index contributed by atoms with van der Waals surface area (Å²) in [5.41, 5.74) is 0.941. The van der Waals surface area contributed by atoms with Crippen LogP contribution in [0.4, 0.5) is 5.69 Å². The van der Waals surface area contributed by atoms with E-state index < -0.39 is 0 Å². The van der Waals surface area contributed by atoms with E-state index in [0.717, 1.165) is 6.42 Å². The predicted molar refractivity (Wildman–Crippen MR) is 82.1 cm³/mol. The molecule has 20 heavy (non-hydrogen) atoms. The molecule has 0 fully saturated rings. The minimum Gasteiger partial charge on any atom is -0.350 e. The molecule has 5 heteroatoms. The van der Waals surface area contributed by atoms with Crippen molar-refractivity contribution in [3.8, 4) is 0 Å². The Morgan fingerprint density at radius 2 is 1.90 bits per heavy atom. The van der Waals surface area contributed by atoms with Crippen LogP contribution in [-0.2, 0) is 4.79 Å². The second-order valence-corrected chi connectivity index (χ2v) is 5.53. The summed E-state index contributed by atoms with van der Waals surface area (Å²) in [5.74, 6) is -0.450. The lowest BCUT2D eigenvalue weighted by molar-refractivity contribution is -0.118. The number of carbonyl (C=O) groups is 2. The van der Waals surface area contributed by atoms with Gasteiger partial charge < -0.3 is 10.6 Å². The van der Waals surface area contributed by atoms with Crippen LogP contribution < -0.4 is 10.6 Å². The molecule has 1 rings (SSSR count). The zero-order valence-corrected chi connectivity index (χ0v) is 13.0. The Bertz CT molecular complexity index is 501. The Labute approximate surface area is 124 Å². The molecule has 1 unspecified atom stereocenters. The minimum atomic E-state index is -0.231. The molecule has 4 nitrogen and oxygen atoms in total. The number of hydrogen-bond acceptors (Lipinski definition) is 2. The van der Waals surface area contributed by atoms with Crippen LogP contribution in [0.25, 0.3) is 0 Å². The highest BCUT2D eigenvalue weighted by Gasteiger charge is 2.14. The summed E-state index contributed by atoms with van der Waals surface area (Å²) in [7, 11) is 0. The zero-order chi connectivity index (χ0) is 15.3. The molecule has 1 aromatic carbocycles. The molecule has 0 aliphatic carbocycles. The molecule has 1 atom stereocenters. The Balaban J connectivity index is 2.91. The lowest BCUT2D eigenvalue weighted by Crippen LogP contribution is -2.32. The SMILES string of the molecule is CCC(C)NC(=O)c1cc(NC(=O)C(C)C)ccc1Cl. The van der Waals surface area contributed by atoms with Crippen LogP contribution in [0.3, 0.4) is 0 Å². The third-order valence-electron chi connectivity index (χ3n) is 2.99. The largest absolute Gasteiger partial charge is 0.350 e. The Kier molecular flexibility index (Phi) is 6.02. The first-order valence-corrected chi connectivity index (χ1v) is 7.14. The van der Waals surface area contributed by atoms with Crippen molar-refractivity contribution in [1.82, 2.24) is 5.32 Å². The first-order valence-electron chi connectivity index (χ1n) is 6.76. The smallest absolute Gasteiger partial charge is 0.253 e. The van der Waals surface area contributed by atoms with Crippen LogP contribution >= 0.6 is 11.6 Å². The second kappa shape index (κ2) is 7.29. The number of benzene rings is 1. The Morgan fingerprint density at radius 3 is 2.45 bits per heavy atom. The van der Waals surface area contributed by atoms with Crippen LogP contribution in [0, 0.1) is 5.92 Å². The quantitative estimate of drug-likeness (QED) is 0.874. The molecule has 0 aliphatic rings. The maximum atomic E-state index is 12.1. The van der Waals surface area contributed by atoms with Gasteiger partial charge in [0.2, 0.25) is 5.91 Å². The van der Waals surface area contributed by atoms with Gasteiger partial charge in [0.15, 0.2) is 0 Å². The van der Waals surface area contributed by atoms with Crippen molar-refractivity contribution in [1.29, 1.82) is 0 Å². The maximum Gasteiger partial charge on any atom is 0.253 e. The van der Waals surface area contributed by atoms with Gasteiger partial charge >= 0.3 is 0 Å². The van der Waals surface area contributed by atoms with E-state index >= 15 is 0 Å². The van der Waals surface area contributed by atoms with E-state index in [1.54, 1.807) is 18.2 Å². The monoisotopic (exact) mass is 296 g/mol. The minimum absolute atomic E-state index is 0.0764. The van der Waals surface area contributed by atoms with Crippen LogP contribution in [0.2, 0.25) is 5.02 Å². The molecule has 2 amide bonds. The predicted octanol–water partition coefficient (Wildman–Crippen LogP) is 3.46. The Morgan fingerprint density at radius 1 is 1.25 bits per heavy atom. The van der Waals surface area contributed by atoms with Gasteiger partial charge in [-0.05, 0) is 31.5 Å². The lowest BCUT2D eigenvalue weighted by atomic mass is 10.1. The van der Waals surface area contributed by atoms with E-state index in [9.17, 15) is 9.59 Å². The number of anilines is 1. The van der Waals surface area contributed by atoms with Crippen LogP contribution in [-0.4, -0.2) is 17.9 Å². The normalized spacial score (nSPS) is 12.1. The van der Waals surface area contributed by atoms with Gasteiger partial charge in [0.1, 0.15) is 0 Å². The van der Waals surface area contributed by atoms with E-state index in [1.807, 2.05) is 27.7 Å². The van der Waals surface area contributed by atoms with Crippen LogP contribution in [0.15, 0.2) is 18.2 Å². The molecule has 0 aromatic heterocycles. The van der Waals surface area contributed by atoms with Crippen molar-refractivity contribution in [2.45, 2.75) is 40.2 Å². The van der Waals surface area contributed by atoms with E-state index in [2.05, 4.69) is 10.6 Å². The third-order valence-corrected chi connectivity index (χ3v) is 3.32. The van der Waals surface area contributed by atoms with Gasteiger partial charge in [-0.15, -0.1) is 0 Å². The molecular weight excluding hydrogens is 276 g/mol. The molecule has 1 aromatic rings. The third kappa shape index (κ3) is 4.53. The van der Waals surface area contributed by atoms with Gasteiger partial charge in [0.05, 0.1) is 10.6 Å². The van der Waals surface area contributed by atoms with Gasteiger partial charge in [-0.3, -0.25) is 9.59 Å². The van der Waals surface area contributed by atoms with Gasteiger partial charge in [-0.1, -0.05) is 32.4 Å². The number of carbonyl (C=O) groups excluding carboxylic acids is 2. The summed E-state index contributed by atoms with van der Waals surface area (Å²) < 4.78 is 0. The van der Waals surface area contributed by atoms with Crippen LogP contribution in [0.5, 0.6) is 0 Å². The van der Waals surface area contributed by atoms with Crippen molar-refractivity contribution in [3.05, 3.63) is 28.8 Å². The fraction of sp³-hybridized carbons (Fsp3) is 0.467. The molecule has 110 valence electrons. The molecule has 0 bridgehead atoms. The van der Waals surface area contributed by atoms with Crippen molar-refractivity contribution >= 4 is 29.1 Å². The fourth-order valence-electron chi connectivity index (χ4n) is 1.47. The molecule has 0 aliphatic heterocycles. The van der Waals surface area contributed by atoms with E-state index in [0.29, 0.717) is 16.3 Å². The van der Waals surface area contributed by atoms with Crippen molar-refractivity contribution in [2.75, 3.05) is 5.32 Å². The fourth-order valence-corrected chi connectivity index (χ4v) is 1.67. The molecule has 0 spiro atoms. The standard InChI is InChI=1S/C15H21ClN2O2/c1-5-10(4)17-15(20)12-8-11(6-7-13(12)16)18-14(19)9(2)3/h6-10H,5H2,1-4H3,(H,17,20)(H,18,19). The molecule has 2 N–H and O–H groups in total. The summed E-state index contributed by atoms with van der Waals surface area (Å²) in [4.78, 5) is 23.8. The van der Waals surface area contributed by atoms with Gasteiger partial charge in [0.25, 0.3) is 5.91 Å². The van der Waals surface area contributed by atoms with Crippen molar-refractivity contribution in [2.24, 2.45) is 5.92 Å². The van der Waals surface area contributed by atoms with Gasteiger partial charge in [-0.2, -0.15) is 0 Å². The zero-order valence-electron chi connectivity index (χ0n) is 12.3. The van der Waals surface area contributed by atoms with Crippen molar-refractivity contribution in [3.63, 3.8) is 0 Å². The maximum absolute atomic E-state index is 12.1. The highest BCUT2D eigenvalue weighted by molar-refractivity contribution is 6.34. The molecule has 0 saturated carbocycles. The summed E-state index contributed by atoms with van der Waals surface area (Å²) in [5, 5.41) is 5.98. The lowest BCUT2D eigenvalue weighted by Gasteiger charge is -2.14. The van der Waals surface area contributed by atoms with Gasteiger partial charge in [0, 0.05) is 17.6 Å². The number of amides is 2. The highest BCUT2D eigenvalue weighted by atomic mass is 35.5. The van der Waals surface area contributed by atoms with E-state index in [1.165, 1.54) is 0 Å². The van der Waals surface area contributed by atoms with E-state index in [4.69, 9.17) is 11.6 Å². The number of nitrogens with one attached hydrogen (secondary N) is 2. The average molecular weight is 297 g/mol. The second-order valence-electron chi connectivity index (χ2n) is 5.12. The van der Waals surface area contributed by atoms with Gasteiger partial charge in [-0.25, -0.2) is 0 Å². The number of hydrogen-bond donors (Lipinski definition) is 2. The summed E-state index contributed by atoms with van der Waals surface area (Å²) in [6, 6.07) is 4.97. The summed E-state index contributed by atoms with van der Waals surface area (Å²) >= 11 is 6.04. The molecule has 0 saturated heterocycles. The summed E-state index contributed by atoms with van der Waals surface area (Å²) in [6.07, 6.45) is 0.840. The topological polar surface area (TPSA) is 58.2 Å². The molecular formula is C15H21ClN2O2. The van der Waals surface area contributed by atoms with E-state index in [-0.39, 0.29) is 23.8 Å². The summed E-state index contributed by atoms with van der Waals surface area (Å²) in [6.45, 7) is 7.53. The molecule has 0 radical (unpaired) electrons. The molecule has 0 heterocycles. The average Bonchev–Trinajstić information content (AvgIpc) is 2.40.